The van der Waals surface area contributed by atoms with Gasteiger partial charge in [-0.05, 0) is 83.6 Å². The summed E-state index contributed by atoms with van der Waals surface area (Å²) in [4.78, 5) is 11.0. The van der Waals surface area contributed by atoms with Crippen LogP contribution in [0, 0.1) is 0 Å². The standard InChI is InChI=1S/C22H32O5/c1-15(2)6-5-13-22(4,27)20(24)12-8-16(3)7-9-17-14-18(21(25)26)10-11-19(17)23/h6-7,10-11,14,20,23-24,27H,5,8-9,12-13H2,1-4H3,(H,25,26). The van der Waals surface area contributed by atoms with E-state index in [1.807, 2.05) is 32.9 Å². The number of aliphatic hydroxyl groups is 2. The molecule has 0 bridgehead atoms. The molecule has 0 aliphatic carbocycles. The van der Waals surface area contributed by atoms with Crippen LogP contribution in [0.15, 0.2) is 41.5 Å². The SMILES string of the molecule is CC(C)=CCCC(C)(O)C(O)CCC(C)=CCc1cc(C(=O)O)ccc1O. The number of aromatic hydroxyl groups is 1. The predicted octanol–water partition coefficient (Wildman–Crippen LogP) is 4.22. The van der Waals surface area contributed by atoms with Gasteiger partial charge < -0.3 is 20.4 Å². The monoisotopic (exact) mass is 376 g/mol. The molecule has 0 aromatic heterocycles. The molecule has 0 fully saturated rings. The lowest BCUT2D eigenvalue weighted by atomic mass is 9.89. The Labute approximate surface area is 161 Å². The molecule has 2 unspecified atom stereocenters. The van der Waals surface area contributed by atoms with Gasteiger partial charge in [-0.15, -0.1) is 0 Å². The van der Waals surface area contributed by atoms with Crippen molar-refractivity contribution in [3.05, 3.63) is 52.6 Å². The van der Waals surface area contributed by atoms with Crippen molar-refractivity contribution in [2.45, 2.75) is 71.5 Å². The molecule has 1 aromatic rings. The van der Waals surface area contributed by atoms with Gasteiger partial charge in [-0.1, -0.05) is 23.3 Å². The van der Waals surface area contributed by atoms with Gasteiger partial charge in [0.25, 0.3) is 0 Å². The molecule has 0 aliphatic heterocycles. The number of aromatic carboxylic acids is 1. The summed E-state index contributed by atoms with van der Waals surface area (Å²) in [7, 11) is 0. The normalized spacial score (nSPS) is 15.1. The predicted molar refractivity (Wildman–Crippen MR) is 107 cm³/mol. The van der Waals surface area contributed by atoms with Crippen molar-refractivity contribution in [3.63, 3.8) is 0 Å². The van der Waals surface area contributed by atoms with E-state index in [0.29, 0.717) is 31.2 Å². The van der Waals surface area contributed by atoms with Gasteiger partial charge in [0.2, 0.25) is 0 Å². The molecule has 0 aliphatic rings. The number of carbonyl (C=O) groups is 1. The Morgan fingerprint density at radius 1 is 1.22 bits per heavy atom. The van der Waals surface area contributed by atoms with E-state index in [4.69, 9.17) is 5.11 Å². The first-order valence-electron chi connectivity index (χ1n) is 9.27. The molecule has 150 valence electrons. The van der Waals surface area contributed by atoms with Gasteiger partial charge in [-0.3, -0.25) is 0 Å². The number of phenolic OH excluding ortho intramolecular Hbond substituents is 1. The van der Waals surface area contributed by atoms with Crippen molar-refractivity contribution in [3.8, 4) is 5.75 Å². The van der Waals surface area contributed by atoms with Crippen LogP contribution < -0.4 is 0 Å². The first-order valence-corrected chi connectivity index (χ1v) is 9.27. The van der Waals surface area contributed by atoms with Crippen molar-refractivity contribution in [1.29, 1.82) is 0 Å². The minimum Gasteiger partial charge on any atom is -0.508 e. The van der Waals surface area contributed by atoms with Crippen LogP contribution in [0.25, 0.3) is 0 Å². The molecule has 5 heteroatoms. The number of allylic oxidation sites excluding steroid dienone is 4. The van der Waals surface area contributed by atoms with Crippen LogP contribution in [-0.2, 0) is 6.42 Å². The second kappa shape index (κ2) is 10.3. The number of phenols is 1. The van der Waals surface area contributed by atoms with Gasteiger partial charge in [0.05, 0.1) is 17.3 Å². The van der Waals surface area contributed by atoms with Crippen LogP contribution >= 0.6 is 0 Å². The molecular weight excluding hydrogens is 344 g/mol. The molecule has 1 rings (SSSR count). The highest BCUT2D eigenvalue weighted by Gasteiger charge is 2.29. The summed E-state index contributed by atoms with van der Waals surface area (Å²) >= 11 is 0. The summed E-state index contributed by atoms with van der Waals surface area (Å²) in [6.45, 7) is 7.58. The van der Waals surface area contributed by atoms with Crippen LogP contribution in [0.2, 0.25) is 0 Å². The van der Waals surface area contributed by atoms with Gasteiger partial charge in [0.15, 0.2) is 0 Å². The Bertz CT molecular complexity index is 697. The van der Waals surface area contributed by atoms with Crippen molar-refractivity contribution in [2.75, 3.05) is 0 Å². The van der Waals surface area contributed by atoms with Crippen molar-refractivity contribution < 1.29 is 25.2 Å². The molecule has 27 heavy (non-hydrogen) atoms. The third-order valence-corrected chi connectivity index (χ3v) is 4.73. The van der Waals surface area contributed by atoms with Gasteiger partial charge >= 0.3 is 5.97 Å². The number of aliphatic hydroxyl groups excluding tert-OH is 1. The maximum absolute atomic E-state index is 11.0. The Hall–Kier alpha value is -2.11. The van der Waals surface area contributed by atoms with Crippen molar-refractivity contribution in [2.24, 2.45) is 0 Å². The molecule has 4 N–H and O–H groups in total. The Kier molecular flexibility index (Phi) is 8.73. The van der Waals surface area contributed by atoms with Gasteiger partial charge in [0.1, 0.15) is 5.75 Å². The summed E-state index contributed by atoms with van der Waals surface area (Å²) in [6.07, 6.45) is 5.81. The zero-order chi connectivity index (χ0) is 20.6. The van der Waals surface area contributed by atoms with E-state index >= 15 is 0 Å². The average Bonchev–Trinajstić information content (AvgIpc) is 2.58. The van der Waals surface area contributed by atoms with Crippen LogP contribution in [0.1, 0.15) is 69.3 Å². The maximum atomic E-state index is 11.0. The summed E-state index contributed by atoms with van der Waals surface area (Å²) in [6, 6.07) is 4.21. The summed E-state index contributed by atoms with van der Waals surface area (Å²) < 4.78 is 0. The van der Waals surface area contributed by atoms with Crippen LogP contribution in [0.3, 0.4) is 0 Å². The minimum atomic E-state index is -1.14. The topological polar surface area (TPSA) is 98.0 Å². The highest BCUT2D eigenvalue weighted by Crippen LogP contribution is 2.24. The zero-order valence-electron chi connectivity index (χ0n) is 16.7. The van der Waals surface area contributed by atoms with Crippen molar-refractivity contribution >= 4 is 5.97 Å². The van der Waals surface area contributed by atoms with Gasteiger partial charge in [-0.25, -0.2) is 4.79 Å². The molecular formula is C22H32O5. The molecule has 2 atom stereocenters. The lowest BCUT2D eigenvalue weighted by Crippen LogP contribution is -2.39. The molecule has 0 radical (unpaired) electrons. The Morgan fingerprint density at radius 3 is 2.48 bits per heavy atom. The number of hydrogen-bond acceptors (Lipinski definition) is 4. The van der Waals surface area contributed by atoms with Crippen molar-refractivity contribution in [1.82, 2.24) is 0 Å². The third kappa shape index (κ3) is 7.97. The quantitative estimate of drug-likeness (QED) is 0.458. The molecule has 0 amide bonds. The molecule has 1 aromatic carbocycles. The summed E-state index contributed by atoms with van der Waals surface area (Å²) in [5.74, 6) is -0.971. The van der Waals surface area contributed by atoms with E-state index in [-0.39, 0.29) is 11.3 Å². The van der Waals surface area contributed by atoms with Gasteiger partial charge in [0, 0.05) is 0 Å². The third-order valence-electron chi connectivity index (χ3n) is 4.73. The largest absolute Gasteiger partial charge is 0.508 e. The fraction of sp³-hybridized carbons (Fsp3) is 0.500. The molecule has 0 spiro atoms. The van der Waals surface area contributed by atoms with Gasteiger partial charge in [-0.2, -0.15) is 0 Å². The summed E-state index contributed by atoms with van der Waals surface area (Å²) in [5, 5.41) is 39.7. The van der Waals surface area contributed by atoms with E-state index in [0.717, 1.165) is 12.0 Å². The molecule has 0 heterocycles. The van der Waals surface area contributed by atoms with Crippen LogP contribution in [-0.4, -0.2) is 38.1 Å². The first-order chi connectivity index (χ1) is 12.5. The zero-order valence-corrected chi connectivity index (χ0v) is 16.7. The summed E-state index contributed by atoms with van der Waals surface area (Å²) in [5.41, 5.74) is 1.74. The Morgan fingerprint density at radius 2 is 1.89 bits per heavy atom. The van der Waals surface area contributed by atoms with E-state index in [2.05, 4.69) is 0 Å². The van der Waals surface area contributed by atoms with E-state index < -0.39 is 17.7 Å². The van der Waals surface area contributed by atoms with Crippen LogP contribution in [0.4, 0.5) is 0 Å². The van der Waals surface area contributed by atoms with E-state index in [9.17, 15) is 20.1 Å². The second-order valence-electron chi connectivity index (χ2n) is 7.64. The first kappa shape index (κ1) is 22.9. The molecule has 0 saturated carbocycles. The number of carboxylic acids is 1. The lowest BCUT2D eigenvalue weighted by Gasteiger charge is -2.29. The fourth-order valence-electron chi connectivity index (χ4n) is 2.76. The number of hydrogen-bond donors (Lipinski definition) is 4. The second-order valence-corrected chi connectivity index (χ2v) is 7.64. The highest BCUT2D eigenvalue weighted by atomic mass is 16.4. The maximum Gasteiger partial charge on any atom is 0.335 e. The van der Waals surface area contributed by atoms with E-state index in [1.165, 1.54) is 23.8 Å². The average molecular weight is 376 g/mol. The lowest BCUT2D eigenvalue weighted by molar-refractivity contribution is -0.0691. The highest BCUT2D eigenvalue weighted by molar-refractivity contribution is 5.88. The van der Waals surface area contributed by atoms with E-state index in [1.54, 1.807) is 6.92 Å². The molecule has 0 saturated heterocycles. The number of benzene rings is 1. The smallest absolute Gasteiger partial charge is 0.335 e. The fourth-order valence-corrected chi connectivity index (χ4v) is 2.76. The number of rotatable bonds is 10. The van der Waals surface area contributed by atoms with Crippen LogP contribution in [0.5, 0.6) is 5.75 Å². The molecule has 5 nitrogen and oxygen atoms in total. The minimum absolute atomic E-state index is 0.0614. The number of carboxylic acid groups (broad SMARTS) is 1. The Balaban J connectivity index is 2.61.